The summed E-state index contributed by atoms with van der Waals surface area (Å²) in [5.41, 5.74) is 0.844. The molecule has 0 spiro atoms. The van der Waals surface area contributed by atoms with Gasteiger partial charge in [0, 0.05) is 6.61 Å². The standard InChI is InChI=1S/C30H48O4/c1-25(2)21-9-12-29(6)22(27(21,4)11-10-23(25)32)8-7-19-20-17-26(3,18-31)13-15-30(20,24(33)34)16-14-28(19,29)5/h7,20-23,31-32H,8-18H2,1-6H3,(H,33,34)/t20-,21-,22+,23+,26-,27+,28-,29-,30+/m1/s1. The van der Waals surface area contributed by atoms with Crippen LogP contribution in [0.3, 0.4) is 0 Å². The minimum atomic E-state index is -0.665. The van der Waals surface area contributed by atoms with Crippen LogP contribution >= 0.6 is 0 Å². The lowest BCUT2D eigenvalue weighted by atomic mass is 9.33. The number of carboxylic acids is 1. The molecular formula is C30H48O4. The van der Waals surface area contributed by atoms with Gasteiger partial charge in [-0.3, -0.25) is 4.79 Å². The van der Waals surface area contributed by atoms with E-state index < -0.39 is 11.4 Å². The van der Waals surface area contributed by atoms with Crippen molar-refractivity contribution in [3.63, 3.8) is 0 Å². The van der Waals surface area contributed by atoms with Gasteiger partial charge in [-0.25, -0.2) is 0 Å². The number of aliphatic hydroxyl groups excluding tert-OH is 2. The van der Waals surface area contributed by atoms with E-state index in [0.717, 1.165) is 57.8 Å². The Kier molecular flexibility index (Phi) is 5.36. The quantitative estimate of drug-likeness (QED) is 0.418. The molecular weight excluding hydrogens is 424 g/mol. The average molecular weight is 473 g/mol. The smallest absolute Gasteiger partial charge is 0.310 e. The van der Waals surface area contributed by atoms with Crippen molar-refractivity contribution in [3.05, 3.63) is 11.6 Å². The number of hydrogen-bond acceptors (Lipinski definition) is 3. The lowest BCUT2D eigenvalue weighted by Crippen LogP contribution is -2.65. The van der Waals surface area contributed by atoms with Crippen molar-refractivity contribution >= 4 is 5.97 Å². The molecule has 0 aromatic rings. The zero-order valence-corrected chi connectivity index (χ0v) is 22.4. The van der Waals surface area contributed by atoms with E-state index in [1.54, 1.807) is 0 Å². The first-order valence-corrected chi connectivity index (χ1v) is 13.9. The fraction of sp³-hybridized carbons (Fsp3) is 0.900. The summed E-state index contributed by atoms with van der Waals surface area (Å²) in [6, 6.07) is 0. The van der Waals surface area contributed by atoms with E-state index in [-0.39, 0.29) is 45.7 Å². The highest BCUT2D eigenvalue weighted by molar-refractivity contribution is 5.76. The molecule has 5 aliphatic rings. The van der Waals surface area contributed by atoms with Crippen molar-refractivity contribution in [2.75, 3.05) is 6.61 Å². The molecule has 0 aliphatic heterocycles. The summed E-state index contributed by atoms with van der Waals surface area (Å²) >= 11 is 0. The van der Waals surface area contributed by atoms with Gasteiger partial charge >= 0.3 is 5.97 Å². The number of hydrogen-bond donors (Lipinski definition) is 3. The van der Waals surface area contributed by atoms with Gasteiger partial charge in [-0.2, -0.15) is 0 Å². The lowest BCUT2D eigenvalue weighted by Gasteiger charge is -2.71. The van der Waals surface area contributed by atoms with Crippen LogP contribution in [0.4, 0.5) is 0 Å². The first-order chi connectivity index (χ1) is 15.7. The molecule has 0 bridgehead atoms. The van der Waals surface area contributed by atoms with Gasteiger partial charge in [0.25, 0.3) is 0 Å². The Morgan fingerprint density at radius 1 is 0.941 bits per heavy atom. The topological polar surface area (TPSA) is 77.8 Å². The van der Waals surface area contributed by atoms with Crippen LogP contribution in [0, 0.1) is 50.2 Å². The molecule has 192 valence electrons. The minimum absolute atomic E-state index is 0.00141. The lowest BCUT2D eigenvalue weighted by molar-refractivity contribution is -0.206. The van der Waals surface area contributed by atoms with Crippen LogP contribution in [-0.2, 0) is 4.79 Å². The molecule has 5 rings (SSSR count). The monoisotopic (exact) mass is 472 g/mol. The second-order valence-corrected chi connectivity index (χ2v) is 14.9. The fourth-order valence-corrected chi connectivity index (χ4v) is 10.7. The molecule has 0 heterocycles. The number of aliphatic hydroxyl groups is 2. The summed E-state index contributed by atoms with van der Waals surface area (Å²) in [5, 5.41) is 31.6. The van der Waals surface area contributed by atoms with Crippen molar-refractivity contribution < 1.29 is 20.1 Å². The SMILES string of the molecule is CC1(C)[C@H]2CC[C@]3(C)[C@@H](CC=C4[C@H]5C[C@](C)(CO)CC[C@]5(C(=O)O)CC[C@]43C)[C@@]2(C)CC[C@@H]1O. The molecule has 4 fully saturated rings. The second kappa shape index (κ2) is 7.34. The predicted molar refractivity (Wildman–Crippen MR) is 134 cm³/mol. The van der Waals surface area contributed by atoms with Crippen LogP contribution < -0.4 is 0 Å². The van der Waals surface area contributed by atoms with Crippen molar-refractivity contribution in [2.24, 2.45) is 50.2 Å². The maximum absolute atomic E-state index is 12.8. The first-order valence-electron chi connectivity index (χ1n) is 13.9. The van der Waals surface area contributed by atoms with E-state index in [4.69, 9.17) is 0 Å². The second-order valence-electron chi connectivity index (χ2n) is 14.9. The summed E-state index contributed by atoms with van der Waals surface area (Å²) in [4.78, 5) is 12.8. The summed E-state index contributed by atoms with van der Waals surface area (Å²) in [6.07, 6.45) is 11.6. The van der Waals surface area contributed by atoms with Gasteiger partial charge in [0.15, 0.2) is 0 Å². The Morgan fingerprint density at radius 2 is 1.62 bits per heavy atom. The fourth-order valence-electron chi connectivity index (χ4n) is 10.7. The van der Waals surface area contributed by atoms with Crippen LogP contribution in [0.15, 0.2) is 11.6 Å². The Hall–Kier alpha value is -0.870. The molecule has 0 amide bonds. The van der Waals surface area contributed by atoms with Crippen molar-refractivity contribution in [1.82, 2.24) is 0 Å². The molecule has 0 saturated heterocycles. The van der Waals surface area contributed by atoms with E-state index >= 15 is 0 Å². The molecule has 0 aromatic carbocycles. The summed E-state index contributed by atoms with van der Waals surface area (Å²) in [6.45, 7) is 14.4. The van der Waals surface area contributed by atoms with Gasteiger partial charge in [0.2, 0.25) is 0 Å². The van der Waals surface area contributed by atoms with E-state index in [1.165, 1.54) is 5.57 Å². The number of fused-ring (bicyclic) bond motifs is 7. The van der Waals surface area contributed by atoms with Crippen LogP contribution in [-0.4, -0.2) is 34.0 Å². The van der Waals surface area contributed by atoms with Crippen LogP contribution in [0.25, 0.3) is 0 Å². The Balaban J connectivity index is 1.60. The highest BCUT2D eigenvalue weighted by Gasteiger charge is 2.69. The molecule has 4 saturated carbocycles. The Labute approximate surface area is 206 Å². The van der Waals surface area contributed by atoms with Crippen LogP contribution in [0.2, 0.25) is 0 Å². The van der Waals surface area contributed by atoms with Crippen LogP contribution in [0.5, 0.6) is 0 Å². The molecule has 0 radical (unpaired) electrons. The molecule has 9 atom stereocenters. The van der Waals surface area contributed by atoms with Crippen molar-refractivity contribution in [1.29, 1.82) is 0 Å². The van der Waals surface area contributed by atoms with Gasteiger partial charge in [0.05, 0.1) is 11.5 Å². The van der Waals surface area contributed by atoms with E-state index in [0.29, 0.717) is 18.3 Å². The molecule has 0 aromatic heterocycles. The summed E-state index contributed by atoms with van der Waals surface area (Å²) < 4.78 is 0. The van der Waals surface area contributed by atoms with Gasteiger partial charge in [-0.1, -0.05) is 53.2 Å². The number of rotatable bonds is 2. The molecule has 3 N–H and O–H groups in total. The number of carboxylic acid groups (broad SMARTS) is 1. The third-order valence-corrected chi connectivity index (χ3v) is 13.3. The first kappa shape index (κ1) is 24.8. The van der Waals surface area contributed by atoms with Gasteiger partial charge in [-0.05, 0) is 109 Å². The number of carbonyl (C=O) groups is 1. The molecule has 0 unspecified atom stereocenters. The number of aliphatic carboxylic acids is 1. The third kappa shape index (κ3) is 2.88. The zero-order valence-electron chi connectivity index (χ0n) is 22.4. The van der Waals surface area contributed by atoms with Crippen molar-refractivity contribution in [3.8, 4) is 0 Å². The Bertz CT molecular complexity index is 907. The van der Waals surface area contributed by atoms with E-state index in [1.807, 2.05) is 0 Å². The maximum atomic E-state index is 12.8. The highest BCUT2D eigenvalue weighted by atomic mass is 16.4. The average Bonchev–Trinajstić information content (AvgIpc) is 2.77. The summed E-state index contributed by atoms with van der Waals surface area (Å²) in [7, 11) is 0. The summed E-state index contributed by atoms with van der Waals surface area (Å²) in [5.74, 6) is 0.493. The normalized spacial score (nSPS) is 54.1. The predicted octanol–water partition coefficient (Wildman–Crippen LogP) is 6.21. The Morgan fingerprint density at radius 3 is 2.26 bits per heavy atom. The number of allylic oxidation sites excluding steroid dienone is 2. The molecule has 34 heavy (non-hydrogen) atoms. The van der Waals surface area contributed by atoms with Crippen LogP contribution in [0.1, 0.15) is 106 Å². The molecule has 4 heteroatoms. The minimum Gasteiger partial charge on any atom is -0.481 e. The highest BCUT2D eigenvalue weighted by Crippen LogP contribution is 2.75. The molecule has 4 nitrogen and oxygen atoms in total. The van der Waals surface area contributed by atoms with Gasteiger partial charge in [-0.15, -0.1) is 0 Å². The maximum Gasteiger partial charge on any atom is 0.310 e. The van der Waals surface area contributed by atoms with Crippen molar-refractivity contribution in [2.45, 2.75) is 112 Å². The zero-order chi connectivity index (χ0) is 24.9. The van der Waals surface area contributed by atoms with E-state index in [2.05, 4.69) is 47.6 Å². The third-order valence-electron chi connectivity index (χ3n) is 13.3. The van der Waals surface area contributed by atoms with Gasteiger partial charge in [0.1, 0.15) is 0 Å². The van der Waals surface area contributed by atoms with Gasteiger partial charge < -0.3 is 15.3 Å². The largest absolute Gasteiger partial charge is 0.481 e. The van der Waals surface area contributed by atoms with E-state index in [9.17, 15) is 20.1 Å². The molecule has 5 aliphatic carbocycles.